The van der Waals surface area contributed by atoms with Gasteiger partial charge in [-0.15, -0.1) is 0 Å². The molecule has 1 aliphatic heterocycles. The quantitative estimate of drug-likeness (QED) is 0.932. The van der Waals surface area contributed by atoms with Gasteiger partial charge in [-0.1, -0.05) is 19.3 Å². The van der Waals surface area contributed by atoms with Crippen LogP contribution < -0.4 is 10.2 Å². The van der Waals surface area contributed by atoms with Crippen molar-refractivity contribution in [2.24, 2.45) is 5.92 Å². The first-order chi connectivity index (χ1) is 10.8. The lowest BCUT2D eigenvalue weighted by Gasteiger charge is -2.38. The zero-order valence-electron chi connectivity index (χ0n) is 13.6. The molecule has 0 radical (unpaired) electrons. The molecule has 1 aliphatic carbocycles. The van der Waals surface area contributed by atoms with E-state index >= 15 is 0 Å². The topological polar surface area (TPSA) is 35.6 Å². The smallest absolute Gasteiger partial charge is 0.225 e. The normalized spacial score (nSPS) is 20.0. The molecule has 4 nitrogen and oxygen atoms in total. The Morgan fingerprint density at radius 2 is 1.64 bits per heavy atom. The SMILES string of the molecule is CNc1ccc(N2CCN(C(=O)C3CCCCC3)CC2)cc1. The third-order valence-corrected chi connectivity index (χ3v) is 5.07. The van der Waals surface area contributed by atoms with E-state index in [2.05, 4.69) is 39.4 Å². The number of rotatable bonds is 3. The van der Waals surface area contributed by atoms with Crippen LogP contribution in [-0.4, -0.2) is 44.0 Å². The summed E-state index contributed by atoms with van der Waals surface area (Å²) in [6.45, 7) is 3.61. The van der Waals surface area contributed by atoms with E-state index in [0.29, 0.717) is 11.8 Å². The van der Waals surface area contributed by atoms with Crippen LogP contribution in [0.2, 0.25) is 0 Å². The maximum atomic E-state index is 12.6. The summed E-state index contributed by atoms with van der Waals surface area (Å²) in [5.41, 5.74) is 2.39. The number of carbonyl (C=O) groups excluding carboxylic acids is 1. The fourth-order valence-corrected chi connectivity index (χ4v) is 3.63. The number of nitrogens with zero attached hydrogens (tertiary/aromatic N) is 2. The summed E-state index contributed by atoms with van der Waals surface area (Å²) in [4.78, 5) is 17.0. The number of hydrogen-bond donors (Lipinski definition) is 1. The van der Waals surface area contributed by atoms with Gasteiger partial charge in [0.2, 0.25) is 5.91 Å². The molecule has 0 spiro atoms. The van der Waals surface area contributed by atoms with Crippen LogP contribution in [-0.2, 0) is 4.79 Å². The average molecular weight is 301 g/mol. The zero-order valence-corrected chi connectivity index (χ0v) is 13.6. The summed E-state index contributed by atoms with van der Waals surface area (Å²) < 4.78 is 0. The van der Waals surface area contributed by atoms with Gasteiger partial charge in [-0.3, -0.25) is 4.79 Å². The predicted octanol–water partition coefficient (Wildman–Crippen LogP) is 2.96. The Kier molecular flexibility index (Phi) is 4.86. The lowest BCUT2D eigenvalue weighted by atomic mass is 9.88. The molecular weight excluding hydrogens is 274 g/mol. The van der Waals surface area contributed by atoms with E-state index < -0.39 is 0 Å². The number of amides is 1. The number of piperazine rings is 1. The van der Waals surface area contributed by atoms with Gasteiger partial charge in [-0.25, -0.2) is 0 Å². The summed E-state index contributed by atoms with van der Waals surface area (Å²) in [5.74, 6) is 0.708. The van der Waals surface area contributed by atoms with Crippen molar-refractivity contribution in [1.29, 1.82) is 0 Å². The van der Waals surface area contributed by atoms with Crippen molar-refractivity contribution in [2.45, 2.75) is 32.1 Å². The summed E-state index contributed by atoms with van der Waals surface area (Å²) in [7, 11) is 1.94. The third kappa shape index (κ3) is 3.37. The van der Waals surface area contributed by atoms with E-state index in [0.717, 1.165) is 44.7 Å². The Balaban J connectivity index is 1.54. The van der Waals surface area contributed by atoms with Gasteiger partial charge < -0.3 is 15.1 Å². The minimum Gasteiger partial charge on any atom is -0.388 e. The number of nitrogens with one attached hydrogen (secondary N) is 1. The summed E-state index contributed by atoms with van der Waals surface area (Å²) >= 11 is 0. The number of benzene rings is 1. The molecule has 120 valence electrons. The van der Waals surface area contributed by atoms with Crippen LogP contribution >= 0.6 is 0 Å². The minimum atomic E-state index is 0.301. The van der Waals surface area contributed by atoms with Crippen molar-refractivity contribution >= 4 is 17.3 Å². The Morgan fingerprint density at radius 3 is 2.23 bits per heavy atom. The first-order valence-corrected chi connectivity index (χ1v) is 8.59. The van der Waals surface area contributed by atoms with Gasteiger partial charge in [0.25, 0.3) is 0 Å². The first kappa shape index (κ1) is 15.2. The van der Waals surface area contributed by atoms with Crippen molar-refractivity contribution < 1.29 is 4.79 Å². The molecule has 22 heavy (non-hydrogen) atoms. The molecular formula is C18H27N3O. The molecule has 3 rings (SSSR count). The highest BCUT2D eigenvalue weighted by Crippen LogP contribution is 2.26. The highest BCUT2D eigenvalue weighted by molar-refractivity contribution is 5.79. The van der Waals surface area contributed by atoms with Crippen LogP contribution in [0.25, 0.3) is 0 Å². The van der Waals surface area contributed by atoms with E-state index in [-0.39, 0.29) is 0 Å². The number of hydrogen-bond acceptors (Lipinski definition) is 3. The molecule has 2 aliphatic rings. The molecule has 1 N–H and O–H groups in total. The predicted molar refractivity (Wildman–Crippen MR) is 91.4 cm³/mol. The number of anilines is 2. The molecule has 1 saturated carbocycles. The van der Waals surface area contributed by atoms with Crippen LogP contribution in [0.5, 0.6) is 0 Å². The molecule has 1 saturated heterocycles. The minimum absolute atomic E-state index is 0.301. The van der Waals surface area contributed by atoms with Gasteiger partial charge in [-0.05, 0) is 37.1 Å². The van der Waals surface area contributed by atoms with Crippen molar-refractivity contribution in [2.75, 3.05) is 43.4 Å². The van der Waals surface area contributed by atoms with Crippen molar-refractivity contribution in [3.63, 3.8) is 0 Å². The van der Waals surface area contributed by atoms with Crippen LogP contribution in [0, 0.1) is 5.92 Å². The van der Waals surface area contributed by atoms with Gasteiger partial charge in [-0.2, -0.15) is 0 Å². The van der Waals surface area contributed by atoms with E-state index in [1.54, 1.807) is 0 Å². The first-order valence-electron chi connectivity index (χ1n) is 8.59. The second-order valence-corrected chi connectivity index (χ2v) is 6.44. The summed E-state index contributed by atoms with van der Waals surface area (Å²) in [6, 6.07) is 8.53. The Morgan fingerprint density at radius 1 is 1.00 bits per heavy atom. The summed E-state index contributed by atoms with van der Waals surface area (Å²) in [5, 5.41) is 3.14. The number of carbonyl (C=O) groups is 1. The maximum absolute atomic E-state index is 12.6. The van der Waals surface area contributed by atoms with E-state index in [4.69, 9.17) is 0 Å². The van der Waals surface area contributed by atoms with E-state index in [1.807, 2.05) is 7.05 Å². The molecule has 0 unspecified atom stereocenters. The second kappa shape index (κ2) is 7.03. The standard InChI is InChI=1S/C18H27N3O/c1-19-16-7-9-17(10-8-16)20-11-13-21(14-12-20)18(22)15-5-3-2-4-6-15/h7-10,15,19H,2-6,11-14H2,1H3. The van der Waals surface area contributed by atoms with Gasteiger partial charge in [0.15, 0.2) is 0 Å². The van der Waals surface area contributed by atoms with E-state index in [9.17, 15) is 4.79 Å². The highest BCUT2D eigenvalue weighted by atomic mass is 16.2. The summed E-state index contributed by atoms with van der Waals surface area (Å²) in [6.07, 6.45) is 5.97. The van der Waals surface area contributed by atoms with Crippen molar-refractivity contribution in [3.8, 4) is 0 Å². The monoisotopic (exact) mass is 301 g/mol. The van der Waals surface area contributed by atoms with Crippen LogP contribution in [0.15, 0.2) is 24.3 Å². The van der Waals surface area contributed by atoms with Gasteiger partial charge >= 0.3 is 0 Å². The Labute approximate surface area is 133 Å². The fourth-order valence-electron chi connectivity index (χ4n) is 3.63. The van der Waals surface area contributed by atoms with Gasteiger partial charge in [0, 0.05) is 50.5 Å². The second-order valence-electron chi connectivity index (χ2n) is 6.44. The molecule has 0 atom stereocenters. The average Bonchev–Trinajstić information content (AvgIpc) is 2.62. The third-order valence-electron chi connectivity index (χ3n) is 5.07. The lowest BCUT2D eigenvalue weighted by Crippen LogP contribution is -2.50. The van der Waals surface area contributed by atoms with Crippen molar-refractivity contribution in [1.82, 2.24) is 4.90 Å². The lowest BCUT2D eigenvalue weighted by molar-refractivity contribution is -0.136. The van der Waals surface area contributed by atoms with E-state index in [1.165, 1.54) is 24.9 Å². The van der Waals surface area contributed by atoms with Crippen LogP contribution in [0.3, 0.4) is 0 Å². The van der Waals surface area contributed by atoms with Crippen molar-refractivity contribution in [3.05, 3.63) is 24.3 Å². The molecule has 1 amide bonds. The molecule has 0 aromatic heterocycles. The Bertz CT molecular complexity index is 486. The maximum Gasteiger partial charge on any atom is 0.225 e. The largest absolute Gasteiger partial charge is 0.388 e. The Hall–Kier alpha value is -1.71. The molecule has 4 heteroatoms. The van der Waals surface area contributed by atoms with Crippen LogP contribution in [0.4, 0.5) is 11.4 Å². The molecule has 1 aromatic carbocycles. The zero-order chi connectivity index (χ0) is 15.4. The molecule has 1 aromatic rings. The molecule has 2 fully saturated rings. The highest BCUT2D eigenvalue weighted by Gasteiger charge is 2.28. The van der Waals surface area contributed by atoms with Gasteiger partial charge in [0.05, 0.1) is 0 Å². The van der Waals surface area contributed by atoms with Gasteiger partial charge in [0.1, 0.15) is 0 Å². The fraction of sp³-hybridized carbons (Fsp3) is 0.611. The molecule has 1 heterocycles. The molecule has 0 bridgehead atoms. The van der Waals surface area contributed by atoms with Crippen LogP contribution in [0.1, 0.15) is 32.1 Å².